The Bertz CT molecular complexity index is 296. The van der Waals surface area contributed by atoms with E-state index in [-0.39, 0.29) is 0 Å². The van der Waals surface area contributed by atoms with E-state index < -0.39 is 11.7 Å². The highest BCUT2D eigenvalue weighted by Crippen LogP contribution is 2.28. The molecule has 0 aliphatic carbocycles. The lowest BCUT2D eigenvalue weighted by Gasteiger charge is -2.02. The molecule has 2 nitrogen and oxygen atoms in total. The van der Waals surface area contributed by atoms with E-state index in [0.29, 0.717) is 6.54 Å². The first-order valence-corrected chi connectivity index (χ1v) is 5.38. The van der Waals surface area contributed by atoms with Crippen LogP contribution in [0.2, 0.25) is 0 Å². The zero-order valence-corrected chi connectivity index (χ0v) is 9.06. The summed E-state index contributed by atoms with van der Waals surface area (Å²) in [6, 6.07) is 0. The van der Waals surface area contributed by atoms with E-state index in [1.807, 2.05) is 0 Å². The molecule has 86 valence electrons. The smallest absolute Gasteiger partial charge is 0.272 e. The number of aryl methyl sites for hydroxylation is 1. The van der Waals surface area contributed by atoms with Gasteiger partial charge < -0.3 is 0 Å². The monoisotopic (exact) mass is 238 g/mol. The average Bonchev–Trinajstić information content (AvgIpc) is 2.60. The Morgan fingerprint density at radius 3 is 2.53 bits per heavy atom. The summed E-state index contributed by atoms with van der Waals surface area (Å²) in [5, 5.41) is 3.66. The quantitative estimate of drug-likeness (QED) is 0.616. The van der Waals surface area contributed by atoms with Crippen LogP contribution in [0, 0.1) is 0 Å². The average molecular weight is 238 g/mol. The summed E-state index contributed by atoms with van der Waals surface area (Å²) in [7, 11) is 0. The van der Waals surface area contributed by atoms with Gasteiger partial charge in [-0.25, -0.2) is 0 Å². The van der Waals surface area contributed by atoms with Crippen molar-refractivity contribution in [3.8, 4) is 0 Å². The van der Waals surface area contributed by atoms with Gasteiger partial charge in [-0.05, 0) is 18.6 Å². The van der Waals surface area contributed by atoms with Gasteiger partial charge in [0, 0.05) is 12.7 Å². The van der Waals surface area contributed by atoms with Gasteiger partial charge in [-0.3, -0.25) is 4.68 Å². The molecule has 0 saturated carbocycles. The standard InChI is InChI=1S/C9H13F3N2S/c10-9(11,12)8-6-13-14(7-8)4-2-1-3-5-15/h6-7,15H,1-5H2. The second kappa shape index (κ2) is 5.44. The van der Waals surface area contributed by atoms with Gasteiger partial charge in [0.25, 0.3) is 0 Å². The van der Waals surface area contributed by atoms with Crippen molar-refractivity contribution in [1.29, 1.82) is 0 Å². The second-order valence-electron chi connectivity index (χ2n) is 3.27. The molecular formula is C9H13F3N2S. The van der Waals surface area contributed by atoms with Gasteiger partial charge in [0.1, 0.15) is 0 Å². The summed E-state index contributed by atoms with van der Waals surface area (Å²) < 4.78 is 37.9. The molecule has 0 fully saturated rings. The highest BCUT2D eigenvalue weighted by atomic mass is 32.1. The van der Waals surface area contributed by atoms with Crippen LogP contribution in [0.1, 0.15) is 24.8 Å². The van der Waals surface area contributed by atoms with E-state index in [1.165, 1.54) is 4.68 Å². The van der Waals surface area contributed by atoms with Crippen molar-refractivity contribution < 1.29 is 13.2 Å². The molecule has 0 radical (unpaired) electrons. The minimum Gasteiger partial charge on any atom is -0.272 e. The first-order chi connectivity index (χ1) is 7.04. The molecule has 0 saturated heterocycles. The van der Waals surface area contributed by atoms with Crippen LogP contribution >= 0.6 is 12.6 Å². The Labute approximate surface area is 91.9 Å². The van der Waals surface area contributed by atoms with Gasteiger partial charge in [-0.15, -0.1) is 0 Å². The van der Waals surface area contributed by atoms with E-state index in [2.05, 4.69) is 17.7 Å². The lowest BCUT2D eigenvalue weighted by atomic mass is 10.2. The molecule has 0 atom stereocenters. The van der Waals surface area contributed by atoms with E-state index in [0.717, 1.165) is 37.4 Å². The lowest BCUT2D eigenvalue weighted by Crippen LogP contribution is -2.03. The Morgan fingerprint density at radius 2 is 2.00 bits per heavy atom. The molecule has 0 spiro atoms. The Kier molecular flexibility index (Phi) is 4.50. The summed E-state index contributed by atoms with van der Waals surface area (Å²) in [6.45, 7) is 0.532. The molecule has 6 heteroatoms. The molecule has 15 heavy (non-hydrogen) atoms. The number of halogens is 3. The third-order valence-corrected chi connectivity index (χ3v) is 2.32. The van der Waals surface area contributed by atoms with Gasteiger partial charge >= 0.3 is 6.18 Å². The van der Waals surface area contributed by atoms with Crippen molar-refractivity contribution in [2.75, 3.05) is 5.75 Å². The number of aromatic nitrogens is 2. The zero-order valence-electron chi connectivity index (χ0n) is 8.17. The molecule has 0 aliphatic rings. The largest absolute Gasteiger partial charge is 0.419 e. The Hall–Kier alpha value is -0.650. The maximum Gasteiger partial charge on any atom is 0.419 e. The number of hydrogen-bond donors (Lipinski definition) is 1. The zero-order chi connectivity index (χ0) is 11.3. The third-order valence-electron chi connectivity index (χ3n) is 2.01. The fraction of sp³-hybridized carbons (Fsp3) is 0.667. The molecule has 0 unspecified atom stereocenters. The van der Waals surface area contributed by atoms with Gasteiger partial charge in [0.05, 0.1) is 11.8 Å². The summed E-state index contributed by atoms with van der Waals surface area (Å²) >= 11 is 4.05. The molecule has 1 rings (SSSR count). The normalized spacial score (nSPS) is 12.0. The Balaban J connectivity index is 2.40. The van der Waals surface area contributed by atoms with Crippen LogP contribution in [0.3, 0.4) is 0 Å². The number of rotatable bonds is 5. The van der Waals surface area contributed by atoms with Crippen molar-refractivity contribution in [3.63, 3.8) is 0 Å². The van der Waals surface area contributed by atoms with Crippen LogP contribution in [-0.4, -0.2) is 15.5 Å². The van der Waals surface area contributed by atoms with Crippen molar-refractivity contribution in [1.82, 2.24) is 9.78 Å². The number of nitrogens with zero attached hydrogens (tertiary/aromatic N) is 2. The molecule has 0 amide bonds. The van der Waals surface area contributed by atoms with Crippen molar-refractivity contribution in [2.24, 2.45) is 0 Å². The van der Waals surface area contributed by atoms with Crippen LogP contribution in [0.4, 0.5) is 13.2 Å². The summed E-state index contributed by atoms with van der Waals surface area (Å²) in [4.78, 5) is 0. The molecule has 0 bridgehead atoms. The van der Waals surface area contributed by atoms with E-state index in [1.54, 1.807) is 0 Å². The van der Waals surface area contributed by atoms with Crippen LogP contribution in [-0.2, 0) is 12.7 Å². The first kappa shape index (κ1) is 12.4. The maximum atomic E-state index is 12.2. The molecule has 1 aromatic rings. The fourth-order valence-corrected chi connectivity index (χ4v) is 1.42. The van der Waals surface area contributed by atoms with Crippen molar-refractivity contribution in [2.45, 2.75) is 32.0 Å². The van der Waals surface area contributed by atoms with E-state index in [4.69, 9.17) is 0 Å². The highest BCUT2D eigenvalue weighted by Gasteiger charge is 2.31. The number of thiol groups is 1. The summed E-state index contributed by atoms with van der Waals surface area (Å²) in [6.07, 6.45) is 0.392. The predicted octanol–water partition coefficient (Wildman–Crippen LogP) is 3.00. The first-order valence-electron chi connectivity index (χ1n) is 4.74. The number of hydrogen-bond acceptors (Lipinski definition) is 2. The van der Waals surface area contributed by atoms with Crippen molar-refractivity contribution in [3.05, 3.63) is 18.0 Å². The highest BCUT2D eigenvalue weighted by molar-refractivity contribution is 7.80. The summed E-state index contributed by atoms with van der Waals surface area (Å²) in [5.74, 6) is 0.812. The third kappa shape index (κ3) is 4.15. The molecule has 0 aliphatic heterocycles. The molecule has 1 heterocycles. The van der Waals surface area contributed by atoms with Gasteiger partial charge in [-0.1, -0.05) is 6.42 Å². The molecule has 0 aromatic carbocycles. The van der Waals surface area contributed by atoms with Crippen LogP contribution in [0.15, 0.2) is 12.4 Å². The van der Waals surface area contributed by atoms with Gasteiger partial charge in [-0.2, -0.15) is 30.9 Å². The van der Waals surface area contributed by atoms with E-state index >= 15 is 0 Å². The van der Waals surface area contributed by atoms with Crippen LogP contribution in [0.25, 0.3) is 0 Å². The SMILES string of the molecule is FC(F)(F)c1cnn(CCCCCS)c1. The molecule has 1 aromatic heterocycles. The number of unbranched alkanes of at least 4 members (excludes halogenated alkanes) is 2. The van der Waals surface area contributed by atoms with Gasteiger partial charge in [0.2, 0.25) is 0 Å². The van der Waals surface area contributed by atoms with Crippen molar-refractivity contribution >= 4 is 12.6 Å². The molecular weight excluding hydrogens is 225 g/mol. The van der Waals surface area contributed by atoms with Crippen LogP contribution < -0.4 is 0 Å². The lowest BCUT2D eigenvalue weighted by molar-refractivity contribution is -0.137. The number of alkyl halides is 3. The Morgan fingerprint density at radius 1 is 1.27 bits per heavy atom. The predicted molar refractivity (Wildman–Crippen MR) is 54.9 cm³/mol. The van der Waals surface area contributed by atoms with E-state index in [9.17, 15) is 13.2 Å². The minimum absolute atomic E-state index is 0.532. The molecule has 0 N–H and O–H groups in total. The second-order valence-corrected chi connectivity index (χ2v) is 3.72. The maximum absolute atomic E-state index is 12.2. The van der Waals surface area contributed by atoms with Crippen LogP contribution in [0.5, 0.6) is 0 Å². The summed E-state index contributed by atoms with van der Waals surface area (Å²) in [5.41, 5.74) is -0.684. The van der Waals surface area contributed by atoms with Gasteiger partial charge in [0.15, 0.2) is 0 Å². The topological polar surface area (TPSA) is 17.8 Å². The fourth-order valence-electron chi connectivity index (χ4n) is 1.19. The minimum atomic E-state index is -4.29.